The molecule has 0 aromatic carbocycles. The van der Waals surface area contributed by atoms with Gasteiger partial charge in [0.1, 0.15) is 5.82 Å². The minimum absolute atomic E-state index is 0.0616. The van der Waals surface area contributed by atoms with Gasteiger partial charge in [0.2, 0.25) is 0 Å². The Bertz CT molecular complexity index is 583. The Balaban J connectivity index is 2.51. The minimum Gasteiger partial charge on any atom is -0.320 e. The van der Waals surface area contributed by atoms with Crippen LogP contribution < -0.4 is 5.73 Å². The van der Waals surface area contributed by atoms with E-state index in [0.29, 0.717) is 0 Å². The van der Waals surface area contributed by atoms with Crippen molar-refractivity contribution >= 4 is 0 Å². The second kappa shape index (κ2) is 4.93. The summed E-state index contributed by atoms with van der Waals surface area (Å²) in [4.78, 5) is 7.14. The number of halogens is 4. The molecule has 0 fully saturated rings. The van der Waals surface area contributed by atoms with Crippen molar-refractivity contribution in [2.45, 2.75) is 12.2 Å². The minimum atomic E-state index is -4.57. The SMILES string of the molecule is NC(c1ccncc1F)c1cnccc1C(F)(F)F. The van der Waals surface area contributed by atoms with Crippen LogP contribution in [0.4, 0.5) is 17.6 Å². The topological polar surface area (TPSA) is 51.8 Å². The van der Waals surface area contributed by atoms with Gasteiger partial charge in [0.05, 0.1) is 17.8 Å². The van der Waals surface area contributed by atoms with Crippen LogP contribution in [0.2, 0.25) is 0 Å². The Morgan fingerprint density at radius 1 is 1.00 bits per heavy atom. The number of alkyl halides is 3. The smallest absolute Gasteiger partial charge is 0.320 e. The predicted octanol–water partition coefficient (Wildman–Crippen LogP) is 2.68. The van der Waals surface area contributed by atoms with Crippen LogP contribution in [0.5, 0.6) is 0 Å². The van der Waals surface area contributed by atoms with Crippen molar-refractivity contribution in [3.63, 3.8) is 0 Å². The average Bonchev–Trinajstić information content (AvgIpc) is 2.37. The van der Waals surface area contributed by atoms with Gasteiger partial charge in [-0.3, -0.25) is 9.97 Å². The summed E-state index contributed by atoms with van der Waals surface area (Å²) in [6.45, 7) is 0. The van der Waals surface area contributed by atoms with Gasteiger partial charge in [-0.2, -0.15) is 13.2 Å². The Morgan fingerprint density at radius 3 is 2.26 bits per heavy atom. The summed E-state index contributed by atoms with van der Waals surface area (Å²) in [5, 5.41) is 0. The van der Waals surface area contributed by atoms with E-state index in [1.807, 2.05) is 0 Å². The Labute approximate surface area is 106 Å². The van der Waals surface area contributed by atoms with Crippen LogP contribution in [0.3, 0.4) is 0 Å². The third-order valence-electron chi connectivity index (χ3n) is 2.63. The van der Waals surface area contributed by atoms with Crippen molar-refractivity contribution in [1.29, 1.82) is 0 Å². The molecule has 0 saturated heterocycles. The van der Waals surface area contributed by atoms with E-state index in [1.54, 1.807) is 0 Å². The van der Waals surface area contributed by atoms with Crippen molar-refractivity contribution in [3.05, 3.63) is 59.4 Å². The average molecular weight is 271 g/mol. The van der Waals surface area contributed by atoms with Crippen molar-refractivity contribution < 1.29 is 17.6 Å². The number of nitrogens with zero attached hydrogens (tertiary/aromatic N) is 2. The number of aromatic nitrogens is 2. The summed E-state index contributed by atoms with van der Waals surface area (Å²) < 4.78 is 52.0. The van der Waals surface area contributed by atoms with Gasteiger partial charge in [-0.1, -0.05) is 0 Å². The molecule has 0 saturated carbocycles. The molecular weight excluding hydrogens is 262 g/mol. The molecule has 2 N–H and O–H groups in total. The highest BCUT2D eigenvalue weighted by molar-refractivity contribution is 5.36. The van der Waals surface area contributed by atoms with Gasteiger partial charge < -0.3 is 5.73 Å². The van der Waals surface area contributed by atoms with Crippen LogP contribution in [0.15, 0.2) is 36.9 Å². The van der Waals surface area contributed by atoms with E-state index in [4.69, 9.17) is 5.73 Å². The Kier molecular flexibility index (Phi) is 3.48. The second-order valence-corrected chi connectivity index (χ2v) is 3.84. The van der Waals surface area contributed by atoms with Crippen LogP contribution in [0, 0.1) is 5.82 Å². The highest BCUT2D eigenvalue weighted by Crippen LogP contribution is 2.35. The molecule has 1 unspecified atom stereocenters. The zero-order valence-electron chi connectivity index (χ0n) is 9.53. The fraction of sp³-hybridized carbons (Fsp3) is 0.167. The number of pyridine rings is 2. The molecule has 0 radical (unpaired) electrons. The van der Waals surface area contributed by atoms with Crippen molar-refractivity contribution in [1.82, 2.24) is 9.97 Å². The quantitative estimate of drug-likeness (QED) is 0.854. The maximum Gasteiger partial charge on any atom is 0.416 e. The molecular formula is C12H9F4N3. The molecule has 0 aliphatic rings. The Hall–Kier alpha value is -2.02. The van der Waals surface area contributed by atoms with Crippen LogP contribution in [0.25, 0.3) is 0 Å². The van der Waals surface area contributed by atoms with Gasteiger partial charge in [-0.25, -0.2) is 4.39 Å². The van der Waals surface area contributed by atoms with E-state index in [9.17, 15) is 17.6 Å². The number of hydrogen-bond acceptors (Lipinski definition) is 3. The van der Waals surface area contributed by atoms with Crippen LogP contribution in [-0.2, 0) is 6.18 Å². The lowest BCUT2D eigenvalue weighted by Crippen LogP contribution is -2.19. The normalized spacial score (nSPS) is 13.3. The number of nitrogens with two attached hydrogens (primary N) is 1. The zero-order chi connectivity index (χ0) is 14.0. The summed E-state index contributed by atoms with van der Waals surface area (Å²) in [5.41, 5.74) is 4.44. The second-order valence-electron chi connectivity index (χ2n) is 3.84. The van der Waals surface area contributed by atoms with Crippen molar-refractivity contribution in [2.24, 2.45) is 5.73 Å². The van der Waals surface area contributed by atoms with Gasteiger partial charge >= 0.3 is 6.18 Å². The molecule has 2 rings (SSSR count). The molecule has 0 aliphatic heterocycles. The van der Waals surface area contributed by atoms with E-state index < -0.39 is 23.6 Å². The summed E-state index contributed by atoms with van der Waals surface area (Å²) in [6.07, 6.45) is -0.393. The summed E-state index contributed by atoms with van der Waals surface area (Å²) in [5.74, 6) is -0.757. The molecule has 0 bridgehead atoms. The van der Waals surface area contributed by atoms with Gasteiger partial charge in [0.25, 0.3) is 0 Å². The highest BCUT2D eigenvalue weighted by atomic mass is 19.4. The van der Waals surface area contributed by atoms with Crippen LogP contribution in [-0.4, -0.2) is 9.97 Å². The molecule has 3 nitrogen and oxygen atoms in total. The first-order chi connectivity index (χ1) is 8.91. The largest absolute Gasteiger partial charge is 0.416 e. The van der Waals surface area contributed by atoms with E-state index in [2.05, 4.69) is 9.97 Å². The first-order valence-corrected chi connectivity index (χ1v) is 5.27. The maximum absolute atomic E-state index is 13.5. The lowest BCUT2D eigenvalue weighted by molar-refractivity contribution is -0.138. The lowest BCUT2D eigenvalue weighted by Gasteiger charge is -2.18. The molecule has 100 valence electrons. The van der Waals surface area contributed by atoms with Crippen LogP contribution >= 0.6 is 0 Å². The molecule has 1 atom stereocenters. The standard InChI is InChI=1S/C12H9F4N3/c13-10-6-19-3-1-7(10)11(17)8-5-18-4-2-9(8)12(14,15)16/h1-6,11H,17H2. The van der Waals surface area contributed by atoms with Gasteiger partial charge in [0, 0.05) is 29.7 Å². The van der Waals surface area contributed by atoms with E-state index in [-0.39, 0.29) is 11.1 Å². The number of hydrogen-bond donors (Lipinski definition) is 1. The maximum atomic E-state index is 13.5. The summed E-state index contributed by atoms with van der Waals surface area (Å²) in [7, 11) is 0. The first-order valence-electron chi connectivity index (χ1n) is 5.27. The van der Waals surface area contributed by atoms with E-state index in [1.165, 1.54) is 12.3 Å². The molecule has 2 aromatic heterocycles. The monoisotopic (exact) mass is 271 g/mol. The summed E-state index contributed by atoms with van der Waals surface area (Å²) >= 11 is 0. The highest BCUT2D eigenvalue weighted by Gasteiger charge is 2.35. The van der Waals surface area contributed by atoms with Crippen LogP contribution in [0.1, 0.15) is 22.7 Å². The van der Waals surface area contributed by atoms with Crippen molar-refractivity contribution in [2.75, 3.05) is 0 Å². The van der Waals surface area contributed by atoms with E-state index >= 15 is 0 Å². The molecule has 7 heteroatoms. The van der Waals surface area contributed by atoms with E-state index in [0.717, 1.165) is 24.7 Å². The fourth-order valence-electron chi connectivity index (χ4n) is 1.72. The number of rotatable bonds is 2. The third kappa shape index (κ3) is 2.70. The lowest BCUT2D eigenvalue weighted by atomic mass is 9.97. The van der Waals surface area contributed by atoms with Gasteiger partial charge in [0.15, 0.2) is 0 Å². The molecule has 2 aromatic rings. The molecule has 0 amide bonds. The van der Waals surface area contributed by atoms with Gasteiger partial charge in [-0.15, -0.1) is 0 Å². The van der Waals surface area contributed by atoms with Gasteiger partial charge in [-0.05, 0) is 12.1 Å². The third-order valence-corrected chi connectivity index (χ3v) is 2.63. The molecule has 2 heterocycles. The first kappa shape index (κ1) is 13.4. The molecule has 0 aliphatic carbocycles. The summed E-state index contributed by atoms with van der Waals surface area (Å²) in [6, 6.07) is 0.801. The van der Waals surface area contributed by atoms with Crippen molar-refractivity contribution in [3.8, 4) is 0 Å². The molecule has 0 spiro atoms. The predicted molar refractivity (Wildman–Crippen MR) is 59.5 cm³/mol. The fourth-order valence-corrected chi connectivity index (χ4v) is 1.72. The Morgan fingerprint density at radius 2 is 1.63 bits per heavy atom. The molecule has 19 heavy (non-hydrogen) atoms. The zero-order valence-corrected chi connectivity index (χ0v) is 9.53.